The van der Waals surface area contributed by atoms with E-state index in [0.29, 0.717) is 0 Å². The van der Waals surface area contributed by atoms with E-state index >= 15 is 0 Å². The standard InChI is InChI=1S/C69H69B2N3/c1-40-16-24-55(25-17-40)72(56-26-18-41(2)19-27-56)59-32-34-65-61(38-59)70(67-51(12)47(8)45(6)48(9)52(67)13)63-36-44(5)37-64-69(63)74(65)66-35-33-60(39-62(66)71(64)68-53(14)49(10)46(7)50(11)54(68)15)73(57-28-20-42(3)21-29-57)58-30-22-43(4)23-31-58/h16-39H,1-15H3. The van der Waals surface area contributed by atoms with Gasteiger partial charge >= 0.3 is 0 Å². The van der Waals surface area contributed by atoms with Gasteiger partial charge in [-0.25, -0.2) is 0 Å². The highest BCUT2D eigenvalue weighted by Crippen LogP contribution is 2.44. The van der Waals surface area contributed by atoms with Gasteiger partial charge in [-0.2, -0.15) is 0 Å². The zero-order valence-corrected chi connectivity index (χ0v) is 46.4. The monoisotopic (exact) mass is 962 g/mol. The molecule has 2 aliphatic rings. The van der Waals surface area contributed by atoms with E-state index in [1.165, 1.54) is 133 Å². The Morgan fingerprint density at radius 2 is 0.514 bits per heavy atom. The number of benzene rings is 9. The lowest BCUT2D eigenvalue weighted by Crippen LogP contribution is -2.66. The first-order chi connectivity index (χ1) is 35.4. The fourth-order valence-electron chi connectivity index (χ4n) is 12.7. The third kappa shape index (κ3) is 7.81. The second-order valence-corrected chi connectivity index (χ2v) is 22.1. The minimum Gasteiger partial charge on any atom is -0.313 e. The van der Waals surface area contributed by atoms with Gasteiger partial charge < -0.3 is 14.7 Å². The smallest absolute Gasteiger partial charge is 0.247 e. The molecule has 0 aromatic heterocycles. The molecule has 0 amide bonds. The number of nitrogens with zero attached hydrogens (tertiary/aromatic N) is 3. The van der Waals surface area contributed by atoms with E-state index in [1.807, 2.05) is 0 Å². The molecule has 9 aromatic rings. The average molecular weight is 962 g/mol. The molecule has 74 heavy (non-hydrogen) atoms. The first kappa shape index (κ1) is 48.8. The topological polar surface area (TPSA) is 9.72 Å². The van der Waals surface area contributed by atoms with E-state index in [0.717, 1.165) is 34.1 Å². The molecule has 366 valence electrons. The van der Waals surface area contributed by atoms with Crippen molar-refractivity contribution in [2.45, 2.75) is 104 Å². The molecule has 2 aliphatic heterocycles. The molecule has 0 radical (unpaired) electrons. The molecule has 0 bridgehead atoms. The fraction of sp³-hybridized carbons (Fsp3) is 0.217. The molecule has 11 rings (SSSR count). The lowest BCUT2D eigenvalue weighted by molar-refractivity contribution is 1.19. The first-order valence-electron chi connectivity index (χ1n) is 26.7. The van der Waals surface area contributed by atoms with Crippen molar-refractivity contribution in [1.82, 2.24) is 0 Å². The van der Waals surface area contributed by atoms with Gasteiger partial charge in [0.25, 0.3) is 0 Å². The molecule has 0 saturated heterocycles. The van der Waals surface area contributed by atoms with Gasteiger partial charge in [0.05, 0.1) is 0 Å². The van der Waals surface area contributed by atoms with Crippen LogP contribution in [0.2, 0.25) is 0 Å². The largest absolute Gasteiger partial charge is 0.313 e. The summed E-state index contributed by atoms with van der Waals surface area (Å²) in [5.41, 5.74) is 38.9. The first-order valence-corrected chi connectivity index (χ1v) is 26.7. The highest BCUT2D eigenvalue weighted by Gasteiger charge is 2.46. The van der Waals surface area contributed by atoms with Crippen molar-refractivity contribution in [1.29, 1.82) is 0 Å². The Morgan fingerprint density at radius 3 is 0.797 bits per heavy atom. The molecule has 0 N–H and O–H groups in total. The van der Waals surface area contributed by atoms with Gasteiger partial charge in [0, 0.05) is 51.2 Å². The van der Waals surface area contributed by atoms with Gasteiger partial charge in [0.1, 0.15) is 0 Å². The van der Waals surface area contributed by atoms with Crippen molar-refractivity contribution in [3.05, 3.63) is 229 Å². The van der Waals surface area contributed by atoms with Crippen LogP contribution in [0.15, 0.2) is 146 Å². The van der Waals surface area contributed by atoms with Gasteiger partial charge in [-0.05, 0) is 244 Å². The van der Waals surface area contributed by atoms with Crippen molar-refractivity contribution in [2.24, 2.45) is 0 Å². The van der Waals surface area contributed by atoms with Crippen LogP contribution in [0, 0.1) is 104 Å². The maximum absolute atomic E-state index is 2.66. The van der Waals surface area contributed by atoms with Gasteiger partial charge in [-0.15, -0.1) is 0 Å². The summed E-state index contributed by atoms with van der Waals surface area (Å²) < 4.78 is 0. The molecule has 0 unspecified atom stereocenters. The van der Waals surface area contributed by atoms with Crippen molar-refractivity contribution >= 4 is 97.4 Å². The van der Waals surface area contributed by atoms with Gasteiger partial charge in [-0.1, -0.05) is 122 Å². The maximum atomic E-state index is 2.66. The minimum absolute atomic E-state index is 0.0329. The predicted molar refractivity (Wildman–Crippen MR) is 324 cm³/mol. The van der Waals surface area contributed by atoms with Crippen LogP contribution in [-0.2, 0) is 0 Å². The van der Waals surface area contributed by atoms with Gasteiger partial charge in [0.15, 0.2) is 0 Å². The number of aryl methyl sites for hydroxylation is 5. The van der Waals surface area contributed by atoms with E-state index in [2.05, 4.69) is 264 Å². The number of rotatable bonds is 8. The van der Waals surface area contributed by atoms with Crippen LogP contribution in [-0.4, -0.2) is 13.4 Å². The summed E-state index contributed by atoms with van der Waals surface area (Å²) in [6, 6.07) is 55.8. The Labute approximate surface area is 442 Å². The van der Waals surface area contributed by atoms with Crippen LogP contribution in [0.5, 0.6) is 0 Å². The molecular formula is C69H69B2N3. The Kier molecular flexibility index (Phi) is 12.2. The van der Waals surface area contributed by atoms with Crippen LogP contribution in [0.4, 0.5) is 51.2 Å². The number of anilines is 9. The second-order valence-electron chi connectivity index (χ2n) is 22.1. The Hall–Kier alpha value is -7.49. The lowest BCUT2D eigenvalue weighted by atomic mass is 9.29. The van der Waals surface area contributed by atoms with E-state index in [9.17, 15) is 0 Å². The van der Waals surface area contributed by atoms with Gasteiger partial charge in [-0.3, -0.25) is 0 Å². The highest BCUT2D eigenvalue weighted by atomic mass is 15.2. The summed E-state index contributed by atoms with van der Waals surface area (Å²) in [6.07, 6.45) is 0. The zero-order valence-electron chi connectivity index (χ0n) is 46.4. The number of fused-ring (bicyclic) bond motifs is 4. The molecule has 0 spiro atoms. The summed E-state index contributed by atoms with van der Waals surface area (Å²) in [6.45, 7) is 34.4. The molecule has 0 fully saturated rings. The second kappa shape index (κ2) is 18.5. The average Bonchev–Trinajstić information content (AvgIpc) is 3.40. The van der Waals surface area contributed by atoms with Gasteiger partial charge in [0.2, 0.25) is 13.4 Å². The summed E-state index contributed by atoms with van der Waals surface area (Å²) >= 11 is 0. The van der Waals surface area contributed by atoms with Crippen LogP contribution in [0.1, 0.15) is 83.5 Å². The Morgan fingerprint density at radius 1 is 0.257 bits per heavy atom. The van der Waals surface area contributed by atoms with Crippen molar-refractivity contribution in [3.63, 3.8) is 0 Å². The molecule has 5 heteroatoms. The van der Waals surface area contributed by atoms with Crippen molar-refractivity contribution < 1.29 is 0 Å². The highest BCUT2D eigenvalue weighted by molar-refractivity contribution is 7.02. The molecule has 9 aromatic carbocycles. The molecule has 3 nitrogen and oxygen atoms in total. The van der Waals surface area contributed by atoms with Crippen LogP contribution < -0.4 is 47.5 Å². The molecular weight excluding hydrogens is 892 g/mol. The van der Waals surface area contributed by atoms with E-state index in [-0.39, 0.29) is 13.4 Å². The predicted octanol–water partition coefficient (Wildman–Crippen LogP) is 14.4. The SMILES string of the molecule is Cc1ccc(N(c2ccc(C)cc2)c2ccc3c(c2)B(c2c(C)c(C)c(C)c(C)c2C)c2cc(C)cc4c2N3c2ccc(N(c3ccc(C)cc3)c3ccc(C)cc3)cc2B4c2c(C)c(C)c(C)c(C)c2C)cc1. The van der Waals surface area contributed by atoms with E-state index < -0.39 is 0 Å². The Balaban J connectivity index is 1.25. The summed E-state index contributed by atoms with van der Waals surface area (Å²) in [7, 11) is 0. The number of hydrogen-bond donors (Lipinski definition) is 0. The minimum atomic E-state index is -0.0329. The zero-order chi connectivity index (χ0) is 52.2. The summed E-state index contributed by atoms with van der Waals surface area (Å²) in [5, 5.41) is 0. The molecule has 0 saturated carbocycles. The van der Waals surface area contributed by atoms with Crippen LogP contribution in [0.3, 0.4) is 0 Å². The van der Waals surface area contributed by atoms with Crippen LogP contribution >= 0.6 is 0 Å². The van der Waals surface area contributed by atoms with Crippen molar-refractivity contribution in [3.8, 4) is 0 Å². The quantitative estimate of drug-likeness (QED) is 0.141. The van der Waals surface area contributed by atoms with Crippen LogP contribution in [0.25, 0.3) is 0 Å². The molecule has 0 aliphatic carbocycles. The molecule has 2 heterocycles. The summed E-state index contributed by atoms with van der Waals surface area (Å²) in [5.74, 6) is 0. The van der Waals surface area contributed by atoms with E-state index in [4.69, 9.17) is 0 Å². The number of hydrogen-bond acceptors (Lipinski definition) is 3. The molecule has 0 atom stereocenters. The summed E-state index contributed by atoms with van der Waals surface area (Å²) in [4.78, 5) is 7.56. The third-order valence-electron chi connectivity index (χ3n) is 17.7. The van der Waals surface area contributed by atoms with E-state index in [1.54, 1.807) is 0 Å². The van der Waals surface area contributed by atoms with Crippen molar-refractivity contribution in [2.75, 3.05) is 14.7 Å². The fourth-order valence-corrected chi connectivity index (χ4v) is 12.7. The lowest BCUT2D eigenvalue weighted by Gasteiger charge is -2.45. The Bertz CT molecular complexity index is 3330. The third-order valence-corrected chi connectivity index (χ3v) is 17.7. The maximum Gasteiger partial charge on any atom is 0.247 e. The normalized spacial score (nSPS) is 12.4.